The van der Waals surface area contributed by atoms with Crippen LogP contribution in [0.4, 0.5) is 0 Å². The maximum absolute atomic E-state index is 11.9. The fourth-order valence-electron chi connectivity index (χ4n) is 2.41. The summed E-state index contributed by atoms with van der Waals surface area (Å²) in [5.41, 5.74) is 10.0. The number of amides is 1. The summed E-state index contributed by atoms with van der Waals surface area (Å²) in [7, 11) is 0. The summed E-state index contributed by atoms with van der Waals surface area (Å²) in [4.78, 5) is 11.9. The normalized spacial score (nSPS) is 10.7. The molecule has 2 aliphatic rings. The highest BCUT2D eigenvalue weighted by Crippen LogP contribution is 2.37. The van der Waals surface area contributed by atoms with E-state index in [-0.39, 0.29) is 5.91 Å². The molecule has 0 unspecified atom stereocenters. The zero-order valence-corrected chi connectivity index (χ0v) is 12.8. The molecular formula is C17H12INO. The van der Waals surface area contributed by atoms with Gasteiger partial charge in [-0.15, -0.1) is 0 Å². The average Bonchev–Trinajstić information content (AvgIpc) is 2.64. The molecule has 98 valence electrons. The van der Waals surface area contributed by atoms with E-state index in [4.69, 9.17) is 5.73 Å². The van der Waals surface area contributed by atoms with E-state index in [9.17, 15) is 4.79 Å². The summed E-state index contributed by atoms with van der Waals surface area (Å²) in [6, 6.07) is 19.9. The summed E-state index contributed by atoms with van der Waals surface area (Å²) in [5, 5.41) is 0. The predicted octanol–water partition coefficient (Wildman–Crippen LogP) is 4.16. The van der Waals surface area contributed by atoms with E-state index in [2.05, 4.69) is 22.6 Å². The number of primary amides is 1. The molecule has 1 aromatic rings. The van der Waals surface area contributed by atoms with E-state index in [0.29, 0.717) is 5.56 Å². The average molecular weight is 373 g/mol. The molecule has 0 spiro atoms. The van der Waals surface area contributed by atoms with E-state index in [1.54, 1.807) is 0 Å². The van der Waals surface area contributed by atoms with Crippen LogP contribution < -0.4 is 5.73 Å². The summed E-state index contributed by atoms with van der Waals surface area (Å²) in [5.74, 6) is -0.389. The molecule has 0 saturated carbocycles. The quantitative estimate of drug-likeness (QED) is 0.674. The second kappa shape index (κ2) is 5.25. The van der Waals surface area contributed by atoms with Gasteiger partial charge in [0.05, 0.1) is 5.56 Å². The summed E-state index contributed by atoms with van der Waals surface area (Å²) < 4.78 is 1.16. The van der Waals surface area contributed by atoms with Crippen molar-refractivity contribution in [3.63, 3.8) is 0 Å². The van der Waals surface area contributed by atoms with Crippen LogP contribution in [0.3, 0.4) is 0 Å². The zero-order chi connectivity index (χ0) is 14.1. The third-order valence-corrected chi connectivity index (χ3v) is 4.03. The Bertz CT molecular complexity index is 749. The number of fused-ring (bicyclic) bond motifs is 1. The molecule has 0 fully saturated rings. The lowest BCUT2D eigenvalue weighted by molar-refractivity contribution is 0.100. The molecule has 1 amide bonds. The summed E-state index contributed by atoms with van der Waals surface area (Å²) in [6.07, 6.45) is 0. The molecule has 0 radical (unpaired) electrons. The maximum Gasteiger partial charge on any atom is 0.249 e. The molecule has 2 aliphatic carbocycles. The third kappa shape index (κ3) is 2.29. The maximum atomic E-state index is 11.9. The Morgan fingerprint density at radius 2 is 1.55 bits per heavy atom. The number of hydrogen-bond donors (Lipinski definition) is 1. The number of hydrogen-bond acceptors (Lipinski definition) is 1. The van der Waals surface area contributed by atoms with E-state index >= 15 is 0 Å². The van der Waals surface area contributed by atoms with Gasteiger partial charge in [0.25, 0.3) is 0 Å². The molecule has 0 aliphatic heterocycles. The first kappa shape index (κ1) is 13.1. The fourth-order valence-corrected chi connectivity index (χ4v) is 2.77. The van der Waals surface area contributed by atoms with Crippen molar-refractivity contribution in [3.05, 3.63) is 69.8 Å². The first-order valence-corrected chi connectivity index (χ1v) is 7.32. The summed E-state index contributed by atoms with van der Waals surface area (Å²) >= 11 is 2.26. The van der Waals surface area contributed by atoms with Crippen molar-refractivity contribution in [2.75, 3.05) is 0 Å². The third-order valence-electron chi connectivity index (χ3n) is 3.31. The van der Waals surface area contributed by atoms with Gasteiger partial charge in [0.1, 0.15) is 0 Å². The van der Waals surface area contributed by atoms with Crippen molar-refractivity contribution in [2.24, 2.45) is 5.73 Å². The predicted molar refractivity (Wildman–Crippen MR) is 89.7 cm³/mol. The van der Waals surface area contributed by atoms with Crippen molar-refractivity contribution in [3.8, 4) is 22.3 Å². The molecule has 0 aromatic heterocycles. The first-order valence-electron chi connectivity index (χ1n) is 6.24. The number of nitrogens with two attached hydrogens (primary N) is 1. The zero-order valence-electron chi connectivity index (χ0n) is 10.6. The smallest absolute Gasteiger partial charge is 0.249 e. The standard InChI is InChI=1S/C17H12INO/c18-13-8-6-11(7-9-13)15-10-12-4-2-1-3-5-14(12)16(15)17(19)20/h1-10H,(H2,19,20). The lowest BCUT2D eigenvalue weighted by Crippen LogP contribution is -2.11. The Labute approximate surface area is 131 Å². The van der Waals surface area contributed by atoms with Gasteiger partial charge in [-0.1, -0.05) is 42.5 Å². The molecule has 0 saturated heterocycles. The highest BCUT2D eigenvalue weighted by molar-refractivity contribution is 14.1. The van der Waals surface area contributed by atoms with Crippen LogP contribution in [0.15, 0.2) is 60.7 Å². The number of carbonyl (C=O) groups excluding carboxylic acids is 1. The molecule has 0 heterocycles. The summed E-state index contributed by atoms with van der Waals surface area (Å²) in [6.45, 7) is 0. The van der Waals surface area contributed by atoms with Gasteiger partial charge < -0.3 is 5.73 Å². The van der Waals surface area contributed by atoms with Crippen LogP contribution in [0.1, 0.15) is 10.4 Å². The van der Waals surface area contributed by atoms with Crippen molar-refractivity contribution < 1.29 is 4.79 Å². The molecule has 0 atom stereocenters. The Balaban J connectivity index is 2.30. The molecule has 0 bridgehead atoms. The van der Waals surface area contributed by atoms with Gasteiger partial charge in [-0.3, -0.25) is 4.79 Å². The van der Waals surface area contributed by atoms with Crippen LogP contribution in [-0.2, 0) is 0 Å². The van der Waals surface area contributed by atoms with E-state index in [1.807, 2.05) is 60.7 Å². The van der Waals surface area contributed by atoms with Gasteiger partial charge in [0, 0.05) is 3.57 Å². The SMILES string of the molecule is NC(=O)c1c2cccccc-2cc1-c1ccc(I)cc1. The molecule has 20 heavy (non-hydrogen) atoms. The molecular weight excluding hydrogens is 361 g/mol. The second-order valence-corrected chi connectivity index (χ2v) is 5.83. The monoisotopic (exact) mass is 373 g/mol. The van der Waals surface area contributed by atoms with Crippen LogP contribution >= 0.6 is 22.6 Å². The topological polar surface area (TPSA) is 43.1 Å². The van der Waals surface area contributed by atoms with E-state index in [0.717, 1.165) is 25.8 Å². The minimum atomic E-state index is -0.389. The lowest BCUT2D eigenvalue weighted by Gasteiger charge is -2.03. The van der Waals surface area contributed by atoms with Gasteiger partial charge in [-0.05, 0) is 63.0 Å². The van der Waals surface area contributed by atoms with Gasteiger partial charge in [-0.25, -0.2) is 0 Å². The Morgan fingerprint density at radius 3 is 2.25 bits per heavy atom. The fraction of sp³-hybridized carbons (Fsp3) is 0. The van der Waals surface area contributed by atoms with Gasteiger partial charge in [-0.2, -0.15) is 0 Å². The minimum Gasteiger partial charge on any atom is -0.366 e. The number of carbonyl (C=O) groups is 1. The molecule has 3 rings (SSSR count). The van der Waals surface area contributed by atoms with Crippen LogP contribution in [0.5, 0.6) is 0 Å². The minimum absolute atomic E-state index is 0.389. The van der Waals surface area contributed by atoms with E-state index < -0.39 is 0 Å². The van der Waals surface area contributed by atoms with Crippen LogP contribution in [0.2, 0.25) is 0 Å². The molecule has 1 aromatic carbocycles. The van der Waals surface area contributed by atoms with Crippen LogP contribution in [-0.4, -0.2) is 5.91 Å². The Hall–Kier alpha value is -1.88. The number of benzene rings is 1. The molecule has 2 nitrogen and oxygen atoms in total. The van der Waals surface area contributed by atoms with Gasteiger partial charge in [0.2, 0.25) is 5.91 Å². The van der Waals surface area contributed by atoms with Crippen molar-refractivity contribution in [1.29, 1.82) is 0 Å². The highest BCUT2D eigenvalue weighted by atomic mass is 127. The highest BCUT2D eigenvalue weighted by Gasteiger charge is 2.19. The van der Waals surface area contributed by atoms with Crippen molar-refractivity contribution in [1.82, 2.24) is 0 Å². The lowest BCUT2D eigenvalue weighted by atomic mass is 10.0. The van der Waals surface area contributed by atoms with Gasteiger partial charge in [0.15, 0.2) is 0 Å². The molecule has 3 heteroatoms. The van der Waals surface area contributed by atoms with Crippen molar-refractivity contribution >= 4 is 28.5 Å². The Morgan fingerprint density at radius 1 is 0.850 bits per heavy atom. The van der Waals surface area contributed by atoms with Gasteiger partial charge >= 0.3 is 0 Å². The Kier molecular flexibility index (Phi) is 3.44. The van der Waals surface area contributed by atoms with Crippen LogP contribution in [0, 0.1) is 3.57 Å². The second-order valence-electron chi connectivity index (χ2n) is 4.58. The first-order chi connectivity index (χ1) is 9.66. The van der Waals surface area contributed by atoms with Crippen molar-refractivity contribution in [2.45, 2.75) is 0 Å². The number of halogens is 1. The van der Waals surface area contributed by atoms with Crippen LogP contribution in [0.25, 0.3) is 22.3 Å². The largest absolute Gasteiger partial charge is 0.366 e. The van der Waals surface area contributed by atoms with E-state index in [1.165, 1.54) is 0 Å². The molecule has 2 N–H and O–H groups in total. The number of rotatable bonds is 2.